The molecule has 1 aromatic carbocycles. The van der Waals surface area contributed by atoms with Gasteiger partial charge in [0.05, 0.1) is 5.02 Å². The first-order chi connectivity index (χ1) is 7.65. The number of benzene rings is 1. The van der Waals surface area contributed by atoms with Gasteiger partial charge in [-0.25, -0.2) is 9.71 Å². The van der Waals surface area contributed by atoms with E-state index in [9.17, 15) is 9.50 Å². The number of anilines is 1. The number of halogens is 2. The van der Waals surface area contributed by atoms with E-state index in [1.54, 1.807) is 12.1 Å². The molecule has 1 aliphatic rings. The van der Waals surface area contributed by atoms with E-state index in [0.717, 1.165) is 12.1 Å². The van der Waals surface area contributed by atoms with Crippen LogP contribution < -0.4 is 10.6 Å². The molecule has 5 heteroatoms. The zero-order valence-corrected chi connectivity index (χ0v) is 9.41. The van der Waals surface area contributed by atoms with Gasteiger partial charge < -0.3 is 10.4 Å². The molecular formula is C11H13ClFN2O. The normalized spacial score (nSPS) is 25.4. The van der Waals surface area contributed by atoms with Crippen LogP contribution in [0.4, 0.5) is 10.1 Å². The molecule has 16 heavy (non-hydrogen) atoms. The second-order valence-corrected chi connectivity index (χ2v) is 4.29. The lowest BCUT2D eigenvalue weighted by Gasteiger charge is -2.27. The van der Waals surface area contributed by atoms with Gasteiger partial charge in [-0.3, -0.25) is 0 Å². The van der Waals surface area contributed by atoms with Crippen LogP contribution in [0.3, 0.4) is 0 Å². The van der Waals surface area contributed by atoms with E-state index in [1.165, 1.54) is 6.07 Å². The summed E-state index contributed by atoms with van der Waals surface area (Å²) in [6.45, 7) is 0.647. The molecule has 1 aromatic rings. The van der Waals surface area contributed by atoms with Crippen molar-refractivity contribution in [2.45, 2.75) is 25.1 Å². The summed E-state index contributed by atoms with van der Waals surface area (Å²) in [5.41, 5.74) is 0.769. The second kappa shape index (κ2) is 4.99. The maximum absolute atomic E-state index is 12.9. The molecule has 1 aliphatic heterocycles. The highest BCUT2D eigenvalue weighted by molar-refractivity contribution is 6.31. The van der Waals surface area contributed by atoms with Crippen molar-refractivity contribution in [2.75, 3.05) is 11.9 Å². The average molecular weight is 244 g/mol. The average Bonchev–Trinajstić information content (AvgIpc) is 2.24. The van der Waals surface area contributed by atoms with Gasteiger partial charge in [0.1, 0.15) is 12.0 Å². The predicted octanol–water partition coefficient (Wildman–Crippen LogP) is 1.98. The van der Waals surface area contributed by atoms with Crippen LogP contribution in [0.5, 0.6) is 0 Å². The largest absolute Gasteiger partial charge is 0.382 e. The molecule has 0 aliphatic carbocycles. The van der Waals surface area contributed by atoms with Crippen molar-refractivity contribution in [3.63, 3.8) is 0 Å². The van der Waals surface area contributed by atoms with Crippen molar-refractivity contribution in [2.24, 2.45) is 0 Å². The number of aliphatic hydroxyl groups is 1. The number of piperidine rings is 1. The zero-order chi connectivity index (χ0) is 11.5. The van der Waals surface area contributed by atoms with E-state index in [1.807, 2.05) is 0 Å². The van der Waals surface area contributed by atoms with E-state index in [4.69, 9.17) is 11.6 Å². The number of hydrogen-bond donors (Lipinski definition) is 2. The van der Waals surface area contributed by atoms with Crippen LogP contribution in [0, 0.1) is 5.82 Å². The van der Waals surface area contributed by atoms with Crippen molar-refractivity contribution in [1.29, 1.82) is 0 Å². The van der Waals surface area contributed by atoms with Gasteiger partial charge in [-0.1, -0.05) is 11.6 Å². The molecule has 0 saturated carbocycles. The number of aliphatic hydroxyl groups excluding tert-OH is 1. The minimum atomic E-state index is -0.595. The smallest absolute Gasteiger partial charge is 0.141 e. The minimum absolute atomic E-state index is 0.103. The molecule has 2 unspecified atom stereocenters. The number of rotatable bonds is 2. The van der Waals surface area contributed by atoms with Gasteiger partial charge in [0.15, 0.2) is 0 Å². The summed E-state index contributed by atoms with van der Waals surface area (Å²) in [7, 11) is 0. The van der Waals surface area contributed by atoms with Crippen molar-refractivity contribution < 1.29 is 9.50 Å². The van der Waals surface area contributed by atoms with Crippen molar-refractivity contribution in [1.82, 2.24) is 5.32 Å². The Balaban J connectivity index is 2.00. The van der Waals surface area contributed by atoms with Crippen LogP contribution >= 0.6 is 11.6 Å². The Morgan fingerprint density at radius 3 is 3.00 bits per heavy atom. The Labute approximate surface area is 98.6 Å². The van der Waals surface area contributed by atoms with Crippen molar-refractivity contribution in [3.8, 4) is 0 Å². The third-order valence-corrected chi connectivity index (χ3v) is 2.89. The molecule has 0 amide bonds. The standard InChI is InChI=1S/C11H13ClFN2O/c12-9-5-7(1-2-10(9)13)15-8-3-4-14-11(16)6-8/h1-2,5,8,11,15-16H,3-4,6H2. The summed E-state index contributed by atoms with van der Waals surface area (Å²) < 4.78 is 12.9. The van der Waals surface area contributed by atoms with Gasteiger partial charge in [0.2, 0.25) is 0 Å². The van der Waals surface area contributed by atoms with Gasteiger partial charge in [-0.15, -0.1) is 0 Å². The highest BCUT2D eigenvalue weighted by Gasteiger charge is 2.20. The molecule has 1 radical (unpaired) electrons. The van der Waals surface area contributed by atoms with E-state index < -0.39 is 12.0 Å². The first kappa shape index (κ1) is 11.6. The monoisotopic (exact) mass is 243 g/mol. The minimum Gasteiger partial charge on any atom is -0.382 e. The van der Waals surface area contributed by atoms with Gasteiger partial charge in [0.25, 0.3) is 0 Å². The molecule has 1 saturated heterocycles. The van der Waals surface area contributed by atoms with Crippen LogP contribution in [0.25, 0.3) is 0 Å². The van der Waals surface area contributed by atoms with Crippen LogP contribution in [0.15, 0.2) is 18.2 Å². The lowest BCUT2D eigenvalue weighted by molar-refractivity contribution is 0.0980. The van der Waals surface area contributed by atoms with Gasteiger partial charge in [0, 0.05) is 24.7 Å². The highest BCUT2D eigenvalue weighted by Crippen LogP contribution is 2.21. The maximum Gasteiger partial charge on any atom is 0.141 e. The van der Waals surface area contributed by atoms with E-state index >= 15 is 0 Å². The molecule has 1 fully saturated rings. The Kier molecular flexibility index (Phi) is 3.63. The van der Waals surface area contributed by atoms with Crippen molar-refractivity contribution >= 4 is 17.3 Å². The summed E-state index contributed by atoms with van der Waals surface area (Å²) >= 11 is 5.68. The first-order valence-electron chi connectivity index (χ1n) is 5.21. The lowest BCUT2D eigenvalue weighted by Crippen LogP contribution is -2.38. The molecular weight excluding hydrogens is 231 g/mol. The van der Waals surface area contributed by atoms with E-state index in [0.29, 0.717) is 13.0 Å². The Morgan fingerprint density at radius 1 is 1.50 bits per heavy atom. The number of hydrogen-bond acceptors (Lipinski definition) is 2. The molecule has 1 heterocycles. The maximum atomic E-state index is 12.9. The molecule has 0 aromatic heterocycles. The van der Waals surface area contributed by atoms with Crippen LogP contribution in [0.2, 0.25) is 5.02 Å². The fourth-order valence-electron chi connectivity index (χ4n) is 1.78. The van der Waals surface area contributed by atoms with Gasteiger partial charge >= 0.3 is 0 Å². The van der Waals surface area contributed by atoms with E-state index in [2.05, 4.69) is 10.6 Å². The van der Waals surface area contributed by atoms with Crippen LogP contribution in [-0.2, 0) is 0 Å². The molecule has 2 N–H and O–H groups in total. The SMILES string of the molecule is OC1CC(Nc2ccc(F)c(Cl)c2)CC[N]1. The fraction of sp³-hybridized carbons (Fsp3) is 0.455. The van der Waals surface area contributed by atoms with Gasteiger partial charge in [-0.2, -0.15) is 0 Å². The van der Waals surface area contributed by atoms with Crippen molar-refractivity contribution in [3.05, 3.63) is 29.0 Å². The number of nitrogens with zero attached hydrogens (tertiary/aromatic N) is 1. The summed E-state index contributed by atoms with van der Waals surface area (Å²) in [6, 6.07) is 4.68. The Bertz CT molecular complexity index is 375. The molecule has 0 spiro atoms. The van der Waals surface area contributed by atoms with Crippen LogP contribution in [0.1, 0.15) is 12.8 Å². The topological polar surface area (TPSA) is 46.4 Å². The predicted molar refractivity (Wildman–Crippen MR) is 61.1 cm³/mol. The molecule has 0 bridgehead atoms. The summed E-state index contributed by atoms with van der Waals surface area (Å²) in [5, 5.41) is 16.7. The Morgan fingerprint density at radius 2 is 2.31 bits per heavy atom. The number of nitrogens with one attached hydrogen (secondary N) is 1. The molecule has 2 rings (SSSR count). The fourth-order valence-corrected chi connectivity index (χ4v) is 1.96. The third kappa shape index (κ3) is 2.84. The van der Waals surface area contributed by atoms with Gasteiger partial charge in [-0.05, 0) is 24.6 Å². The van der Waals surface area contributed by atoms with E-state index in [-0.39, 0.29) is 11.1 Å². The molecule has 2 atom stereocenters. The highest BCUT2D eigenvalue weighted by atomic mass is 35.5. The molecule has 87 valence electrons. The first-order valence-corrected chi connectivity index (χ1v) is 5.59. The summed E-state index contributed by atoms with van der Waals surface area (Å²) in [6.07, 6.45) is 0.850. The second-order valence-electron chi connectivity index (χ2n) is 3.88. The lowest BCUT2D eigenvalue weighted by atomic mass is 10.1. The van der Waals surface area contributed by atoms with Crippen LogP contribution in [-0.4, -0.2) is 23.9 Å². The third-order valence-electron chi connectivity index (χ3n) is 2.60. The molecule has 3 nitrogen and oxygen atoms in total. The summed E-state index contributed by atoms with van der Waals surface area (Å²) in [4.78, 5) is 0. The summed E-state index contributed by atoms with van der Waals surface area (Å²) in [5.74, 6) is -0.425. The zero-order valence-electron chi connectivity index (χ0n) is 8.66. The Hall–Kier alpha value is -0.840. The quantitative estimate of drug-likeness (QED) is 0.834.